The maximum atomic E-state index is 13.0. The summed E-state index contributed by atoms with van der Waals surface area (Å²) >= 11 is 0. The van der Waals surface area contributed by atoms with Crippen LogP contribution in [0.2, 0.25) is 0 Å². The lowest BCUT2D eigenvalue weighted by molar-refractivity contribution is -0.162. The Hall–Kier alpha value is -6.20. The summed E-state index contributed by atoms with van der Waals surface area (Å²) in [4.78, 5) is 99.8. The number of ether oxygens (including phenoxy) is 8. The van der Waals surface area contributed by atoms with Crippen molar-refractivity contribution in [2.75, 3.05) is 65.9 Å². The highest BCUT2D eigenvalue weighted by Gasteiger charge is 2.40. The van der Waals surface area contributed by atoms with Crippen LogP contribution in [0.4, 0.5) is 9.59 Å². The van der Waals surface area contributed by atoms with E-state index in [-0.39, 0.29) is 58.4 Å². The van der Waals surface area contributed by atoms with Crippen molar-refractivity contribution >= 4 is 48.0 Å². The van der Waals surface area contributed by atoms with Gasteiger partial charge >= 0.3 is 48.0 Å². The van der Waals surface area contributed by atoms with Crippen LogP contribution in [0.25, 0.3) is 0 Å². The second-order valence-electron chi connectivity index (χ2n) is 16.0. The van der Waals surface area contributed by atoms with Crippen molar-refractivity contribution < 1.29 is 76.3 Å². The Morgan fingerprint density at radius 3 is 0.823 bits per heavy atom. The van der Waals surface area contributed by atoms with Gasteiger partial charge in [-0.2, -0.15) is 0 Å². The van der Waals surface area contributed by atoms with Crippen molar-refractivity contribution in [2.45, 2.75) is 67.2 Å². The topological polar surface area (TPSA) is 234 Å². The van der Waals surface area contributed by atoms with Crippen molar-refractivity contribution in [1.82, 2.24) is 10.6 Å². The van der Waals surface area contributed by atoms with E-state index in [0.717, 1.165) is 19.3 Å². The summed E-state index contributed by atoms with van der Waals surface area (Å²) in [6.45, 7) is 26.3. The van der Waals surface area contributed by atoms with E-state index in [4.69, 9.17) is 37.9 Å². The average Bonchev–Trinajstić information content (AvgIpc) is 3.22. The summed E-state index contributed by atoms with van der Waals surface area (Å²) < 4.78 is 43.0. The molecule has 0 aromatic carbocycles. The van der Waals surface area contributed by atoms with Gasteiger partial charge in [0.15, 0.2) is 0 Å². The van der Waals surface area contributed by atoms with Crippen LogP contribution in [0, 0.1) is 22.7 Å². The van der Waals surface area contributed by atoms with E-state index in [9.17, 15) is 38.4 Å². The molecule has 2 N–H and O–H groups in total. The first-order valence-corrected chi connectivity index (χ1v) is 19.7. The summed E-state index contributed by atoms with van der Waals surface area (Å²) in [6, 6.07) is 0. The lowest BCUT2D eigenvalue weighted by Crippen LogP contribution is -2.45. The van der Waals surface area contributed by atoms with Gasteiger partial charge in [0, 0.05) is 46.5 Å². The number of carbonyl (C=O) groups excluding carboxylic acids is 8. The smallest absolute Gasteiger partial charge is 0.407 e. The van der Waals surface area contributed by atoms with Crippen LogP contribution in [-0.2, 0) is 66.7 Å². The molecule has 0 aliphatic heterocycles. The van der Waals surface area contributed by atoms with Crippen molar-refractivity contribution in [3.8, 4) is 0 Å². The number of rotatable bonds is 26. The minimum atomic E-state index is -1.52. The van der Waals surface area contributed by atoms with Crippen molar-refractivity contribution in [3.63, 3.8) is 0 Å². The normalized spacial score (nSPS) is 14.6. The Kier molecular flexibility index (Phi) is 22.7. The first-order chi connectivity index (χ1) is 28.9. The first kappa shape index (κ1) is 53.8. The molecule has 0 heterocycles. The summed E-state index contributed by atoms with van der Waals surface area (Å²) in [5, 5.41) is 5.43. The predicted octanol–water partition coefficient (Wildman–Crippen LogP) is 4.93. The molecule has 1 aliphatic carbocycles. The zero-order valence-electron chi connectivity index (χ0n) is 36.8. The zero-order valence-corrected chi connectivity index (χ0v) is 36.8. The zero-order chi connectivity index (χ0) is 47.2. The largest absolute Gasteiger partial charge is 0.461 e. The second kappa shape index (κ2) is 26.2. The molecule has 0 saturated heterocycles. The Labute approximate surface area is 363 Å². The van der Waals surface area contributed by atoms with Crippen molar-refractivity contribution in [1.29, 1.82) is 0 Å². The van der Waals surface area contributed by atoms with Crippen LogP contribution in [-0.4, -0.2) is 114 Å². The number of alkyl carbamates (subject to hydrolysis) is 2. The van der Waals surface area contributed by atoms with E-state index in [2.05, 4.69) is 50.1 Å². The highest BCUT2D eigenvalue weighted by molar-refractivity contribution is 5.89. The SMILES string of the molecule is C=C(C)C(=O)OCC(COC(=O)NCC1CCCC(CNC(=O)OCC(COC(=O)C(=C)C)(COC(=O)C(=C)C)COC(=O)C(=C)C)C1)(COC(=O)C(=C)C)COC(=O)C(=C)C. The molecule has 0 bridgehead atoms. The van der Waals surface area contributed by atoms with Gasteiger partial charge in [0.05, 0.1) is 0 Å². The third-order valence-electron chi connectivity index (χ3n) is 9.13. The molecule has 0 radical (unpaired) electrons. The van der Waals surface area contributed by atoms with Crippen LogP contribution < -0.4 is 10.6 Å². The maximum absolute atomic E-state index is 13.0. The molecule has 18 heteroatoms. The standard InChI is InChI=1S/C44H62N2O16/c1-27(2)35(47)55-19-43(20-56-36(48)28(3)4,21-57-37(49)29(5)6)25-61-41(53)45-17-33-14-13-15-34(16-33)18-46-42(54)62-26-44(22-58-38(50)30(7)8,23-59-39(51)31(9)10)24-60-40(52)32(11)12/h33-34H,1,3,5,7,9,11,13-26H2,2,4,6,8,10,12H3,(H,45,53)(H,46,54). The number of amides is 2. The van der Waals surface area contributed by atoms with Crippen LogP contribution >= 0.6 is 0 Å². The van der Waals surface area contributed by atoms with Gasteiger partial charge in [0.1, 0.15) is 63.7 Å². The van der Waals surface area contributed by atoms with Crippen molar-refractivity contribution in [2.24, 2.45) is 22.7 Å². The molecule has 1 fully saturated rings. The van der Waals surface area contributed by atoms with Gasteiger partial charge in [-0.05, 0) is 72.6 Å². The van der Waals surface area contributed by atoms with Crippen LogP contribution in [0.5, 0.6) is 0 Å². The van der Waals surface area contributed by atoms with E-state index in [0.29, 0.717) is 6.42 Å². The Morgan fingerprint density at radius 2 is 0.613 bits per heavy atom. The lowest BCUT2D eigenvalue weighted by atomic mass is 9.81. The Balaban J connectivity index is 2.99. The van der Waals surface area contributed by atoms with Gasteiger partial charge in [-0.25, -0.2) is 38.4 Å². The maximum Gasteiger partial charge on any atom is 0.407 e. The monoisotopic (exact) mass is 874 g/mol. The molecule has 344 valence electrons. The van der Waals surface area contributed by atoms with Gasteiger partial charge < -0.3 is 48.5 Å². The van der Waals surface area contributed by atoms with Gasteiger partial charge in [-0.3, -0.25) is 0 Å². The summed E-state index contributed by atoms with van der Waals surface area (Å²) in [5.74, 6) is -4.68. The van der Waals surface area contributed by atoms with Gasteiger partial charge in [-0.15, -0.1) is 0 Å². The third kappa shape index (κ3) is 20.4. The highest BCUT2D eigenvalue weighted by Crippen LogP contribution is 2.29. The Bertz CT molecular complexity index is 1490. The molecule has 0 aromatic heterocycles. The lowest BCUT2D eigenvalue weighted by Gasteiger charge is -2.32. The van der Waals surface area contributed by atoms with E-state index in [1.54, 1.807) is 0 Å². The quantitative estimate of drug-likeness (QED) is 0.0666. The fraction of sp³-hybridized carbons (Fsp3) is 0.545. The molecular weight excluding hydrogens is 812 g/mol. The van der Waals surface area contributed by atoms with Crippen molar-refractivity contribution in [3.05, 3.63) is 72.9 Å². The molecule has 0 spiro atoms. The number of hydrogen-bond acceptors (Lipinski definition) is 16. The molecule has 2 atom stereocenters. The van der Waals surface area contributed by atoms with E-state index < -0.39 is 112 Å². The highest BCUT2D eigenvalue weighted by atomic mass is 16.6. The second-order valence-corrected chi connectivity index (χ2v) is 16.0. The summed E-state index contributed by atoms with van der Waals surface area (Å²) in [6.07, 6.45) is 1.20. The Morgan fingerprint density at radius 1 is 0.403 bits per heavy atom. The number of esters is 6. The van der Waals surface area contributed by atoms with Gasteiger partial charge in [-0.1, -0.05) is 45.9 Å². The number of nitrogens with one attached hydrogen (secondary N) is 2. The predicted molar refractivity (Wildman–Crippen MR) is 224 cm³/mol. The van der Waals surface area contributed by atoms with Crippen LogP contribution in [0.3, 0.4) is 0 Å². The molecule has 2 amide bonds. The fourth-order valence-electron chi connectivity index (χ4n) is 5.32. The van der Waals surface area contributed by atoms with Crippen LogP contribution in [0.1, 0.15) is 67.2 Å². The van der Waals surface area contributed by atoms with E-state index in [1.165, 1.54) is 41.5 Å². The number of hydrogen-bond donors (Lipinski definition) is 2. The van der Waals surface area contributed by atoms with Crippen LogP contribution in [0.15, 0.2) is 72.9 Å². The van der Waals surface area contributed by atoms with Gasteiger partial charge in [0.2, 0.25) is 0 Å². The molecule has 1 rings (SSSR count). The fourth-order valence-corrected chi connectivity index (χ4v) is 5.32. The minimum Gasteiger partial charge on any atom is -0.461 e. The summed E-state index contributed by atoms with van der Waals surface area (Å²) in [7, 11) is 0. The number of carbonyl (C=O) groups is 8. The molecule has 1 saturated carbocycles. The molecule has 2 unspecified atom stereocenters. The molecule has 62 heavy (non-hydrogen) atoms. The molecule has 1 aliphatic rings. The third-order valence-corrected chi connectivity index (χ3v) is 9.13. The molecular formula is C44H62N2O16. The summed E-state index contributed by atoms with van der Waals surface area (Å²) in [5.41, 5.74) is -2.59. The van der Waals surface area contributed by atoms with E-state index >= 15 is 0 Å². The molecule has 18 nitrogen and oxygen atoms in total. The average molecular weight is 875 g/mol. The minimum absolute atomic E-state index is 0.0184. The van der Waals surface area contributed by atoms with E-state index in [1.807, 2.05) is 0 Å². The first-order valence-electron chi connectivity index (χ1n) is 19.7. The van der Waals surface area contributed by atoms with Gasteiger partial charge in [0.25, 0.3) is 0 Å². The molecule has 0 aromatic rings.